The lowest BCUT2D eigenvalue weighted by Crippen LogP contribution is -2.26. The van der Waals surface area contributed by atoms with E-state index in [2.05, 4.69) is 9.97 Å². The number of hydrogen-bond donors (Lipinski definition) is 0. The van der Waals surface area contributed by atoms with Crippen molar-refractivity contribution in [3.8, 4) is 11.3 Å². The first kappa shape index (κ1) is 20.1. The Kier molecular flexibility index (Phi) is 5.36. The maximum absolute atomic E-state index is 12.5. The van der Waals surface area contributed by atoms with Gasteiger partial charge in [-0.15, -0.1) is 0 Å². The highest BCUT2D eigenvalue weighted by Crippen LogP contribution is 2.28. The molecule has 0 saturated carbocycles. The van der Waals surface area contributed by atoms with Crippen LogP contribution in [-0.4, -0.2) is 40.5 Å². The molecule has 1 aliphatic heterocycles. The van der Waals surface area contributed by atoms with Crippen molar-refractivity contribution in [2.24, 2.45) is 0 Å². The number of esters is 2. The summed E-state index contributed by atoms with van der Waals surface area (Å²) in [5.41, 5.74) is 3.40. The third-order valence-corrected chi connectivity index (χ3v) is 4.80. The van der Waals surface area contributed by atoms with Crippen LogP contribution < -0.4 is 4.90 Å². The molecule has 0 bridgehead atoms. The van der Waals surface area contributed by atoms with Gasteiger partial charge in [-0.1, -0.05) is 18.2 Å². The first-order valence-electron chi connectivity index (χ1n) is 9.49. The van der Waals surface area contributed by atoms with Gasteiger partial charge in [0.1, 0.15) is 5.70 Å². The lowest BCUT2D eigenvalue weighted by molar-refractivity contribution is -0.139. The van der Waals surface area contributed by atoms with Gasteiger partial charge >= 0.3 is 11.9 Å². The molecular formula is C23H20N4O4. The number of aromatic nitrogens is 3. The molecule has 2 aromatic heterocycles. The summed E-state index contributed by atoms with van der Waals surface area (Å²) >= 11 is 0. The second kappa shape index (κ2) is 8.27. The Morgan fingerprint density at radius 1 is 0.935 bits per heavy atom. The summed E-state index contributed by atoms with van der Waals surface area (Å²) in [6.45, 7) is 1.92. The van der Waals surface area contributed by atoms with Crippen LogP contribution in [0.5, 0.6) is 0 Å². The van der Waals surface area contributed by atoms with E-state index >= 15 is 0 Å². The van der Waals surface area contributed by atoms with Crippen molar-refractivity contribution in [3.05, 3.63) is 84.1 Å². The number of hydrogen-bond acceptors (Lipinski definition) is 7. The highest BCUT2D eigenvalue weighted by atomic mass is 16.5. The van der Waals surface area contributed by atoms with E-state index in [4.69, 9.17) is 9.47 Å². The molecule has 4 rings (SSSR count). The minimum atomic E-state index is -0.650. The van der Waals surface area contributed by atoms with Gasteiger partial charge in [0, 0.05) is 35.5 Å². The van der Waals surface area contributed by atoms with Crippen molar-refractivity contribution in [3.63, 3.8) is 0 Å². The summed E-state index contributed by atoms with van der Waals surface area (Å²) < 4.78 is 11.6. The Balaban J connectivity index is 1.74. The second-order valence-electron chi connectivity index (χ2n) is 6.77. The van der Waals surface area contributed by atoms with Crippen molar-refractivity contribution < 1.29 is 19.1 Å². The number of carbonyl (C=O) groups is 2. The van der Waals surface area contributed by atoms with Crippen molar-refractivity contribution >= 4 is 23.4 Å². The summed E-state index contributed by atoms with van der Waals surface area (Å²) in [6, 6.07) is 9.38. The molecule has 0 spiro atoms. The zero-order valence-corrected chi connectivity index (χ0v) is 17.3. The Morgan fingerprint density at radius 2 is 1.68 bits per heavy atom. The predicted octanol–water partition coefficient (Wildman–Crippen LogP) is 3.19. The molecule has 3 heterocycles. The molecule has 0 N–H and O–H groups in total. The molecule has 8 heteroatoms. The molecule has 0 fully saturated rings. The monoisotopic (exact) mass is 416 g/mol. The molecular weight excluding hydrogens is 396 g/mol. The summed E-state index contributed by atoms with van der Waals surface area (Å²) in [4.78, 5) is 35.4. The van der Waals surface area contributed by atoms with E-state index in [0.29, 0.717) is 11.5 Å². The fraction of sp³-hybridized carbons (Fsp3) is 0.130. The van der Waals surface area contributed by atoms with E-state index < -0.39 is 11.9 Å². The fourth-order valence-corrected chi connectivity index (χ4v) is 3.26. The van der Waals surface area contributed by atoms with Crippen LogP contribution in [0.2, 0.25) is 0 Å². The zero-order chi connectivity index (χ0) is 22.0. The third-order valence-electron chi connectivity index (χ3n) is 4.80. The average molecular weight is 416 g/mol. The molecule has 1 aliphatic rings. The number of anilines is 1. The van der Waals surface area contributed by atoms with Crippen LogP contribution in [-0.2, 0) is 19.1 Å². The smallest absolute Gasteiger partial charge is 0.355 e. The van der Waals surface area contributed by atoms with Crippen LogP contribution in [0.3, 0.4) is 0 Å². The van der Waals surface area contributed by atoms with Crippen LogP contribution in [0, 0.1) is 6.92 Å². The molecule has 0 saturated heterocycles. The SMILES string of the molecule is COC(=O)C1=C(C(=O)OC)N(c2ccc(-c3cn4ccc(C)nc4n3)cc2)C=CC=C1. The fourth-order valence-electron chi connectivity index (χ4n) is 3.26. The van der Waals surface area contributed by atoms with Crippen molar-refractivity contribution in [1.82, 2.24) is 14.4 Å². The largest absolute Gasteiger partial charge is 0.465 e. The maximum Gasteiger partial charge on any atom is 0.355 e. The molecule has 0 unspecified atom stereocenters. The summed E-state index contributed by atoms with van der Waals surface area (Å²) in [5, 5.41) is 0. The minimum absolute atomic E-state index is 0.0690. The van der Waals surface area contributed by atoms with Gasteiger partial charge in [-0.2, -0.15) is 0 Å². The quantitative estimate of drug-likeness (QED) is 0.604. The summed E-state index contributed by atoms with van der Waals surface area (Å²) in [7, 11) is 2.53. The molecule has 0 aliphatic carbocycles. The number of rotatable bonds is 4. The number of imidazole rings is 1. The van der Waals surface area contributed by atoms with Gasteiger partial charge in [0.15, 0.2) is 0 Å². The van der Waals surface area contributed by atoms with Crippen LogP contribution >= 0.6 is 0 Å². The topological polar surface area (TPSA) is 86.0 Å². The van der Waals surface area contributed by atoms with E-state index in [1.807, 2.05) is 54.0 Å². The molecule has 31 heavy (non-hydrogen) atoms. The van der Waals surface area contributed by atoms with Gasteiger partial charge < -0.3 is 14.4 Å². The van der Waals surface area contributed by atoms with Crippen LogP contribution in [0.1, 0.15) is 5.69 Å². The van der Waals surface area contributed by atoms with Crippen molar-refractivity contribution in [2.75, 3.05) is 19.1 Å². The number of allylic oxidation sites excluding steroid dienone is 2. The van der Waals surface area contributed by atoms with Gasteiger partial charge in [-0.3, -0.25) is 4.40 Å². The molecule has 8 nitrogen and oxygen atoms in total. The van der Waals surface area contributed by atoms with Crippen LogP contribution in [0.25, 0.3) is 17.0 Å². The van der Waals surface area contributed by atoms with E-state index in [9.17, 15) is 9.59 Å². The third kappa shape index (κ3) is 3.83. The van der Waals surface area contributed by atoms with Crippen molar-refractivity contribution in [2.45, 2.75) is 6.92 Å². The van der Waals surface area contributed by atoms with Gasteiger partial charge in [-0.05, 0) is 37.3 Å². The Bertz CT molecular complexity index is 1250. The Labute approximate surface area is 178 Å². The highest BCUT2D eigenvalue weighted by molar-refractivity contribution is 6.05. The molecule has 0 atom stereocenters. The van der Waals surface area contributed by atoms with E-state index in [1.165, 1.54) is 20.3 Å². The van der Waals surface area contributed by atoms with Gasteiger partial charge in [-0.25, -0.2) is 19.6 Å². The Hall–Kier alpha value is -4.20. The van der Waals surface area contributed by atoms with Gasteiger partial charge in [0.05, 0.1) is 25.5 Å². The average Bonchev–Trinajstić information content (AvgIpc) is 3.08. The molecule has 0 radical (unpaired) electrons. The summed E-state index contributed by atoms with van der Waals surface area (Å²) in [5.74, 6) is -0.656. The lowest BCUT2D eigenvalue weighted by Gasteiger charge is -2.23. The summed E-state index contributed by atoms with van der Waals surface area (Å²) in [6.07, 6.45) is 10.4. The lowest BCUT2D eigenvalue weighted by atomic mass is 10.1. The Morgan fingerprint density at radius 3 is 2.39 bits per heavy atom. The highest BCUT2D eigenvalue weighted by Gasteiger charge is 2.27. The van der Waals surface area contributed by atoms with E-state index in [1.54, 1.807) is 23.3 Å². The number of fused-ring (bicyclic) bond motifs is 1. The van der Waals surface area contributed by atoms with Gasteiger partial charge in [0.25, 0.3) is 0 Å². The van der Waals surface area contributed by atoms with Crippen LogP contribution in [0.15, 0.2) is 78.4 Å². The number of nitrogens with zero attached hydrogens (tertiary/aromatic N) is 4. The number of ether oxygens (including phenoxy) is 2. The normalized spacial score (nSPS) is 13.5. The number of benzene rings is 1. The zero-order valence-electron chi connectivity index (χ0n) is 17.3. The standard InChI is InChI=1S/C23H20N4O4/c1-15-11-13-26-14-19(25-23(26)24-15)16-7-9-17(10-8-16)27-12-5-4-6-18(21(28)30-2)20(27)22(29)31-3/h4-14H,1-3H3. The van der Waals surface area contributed by atoms with Crippen molar-refractivity contribution in [1.29, 1.82) is 0 Å². The van der Waals surface area contributed by atoms with E-state index in [-0.39, 0.29) is 11.3 Å². The maximum atomic E-state index is 12.5. The van der Waals surface area contributed by atoms with Crippen LogP contribution in [0.4, 0.5) is 5.69 Å². The number of methoxy groups -OCH3 is 2. The number of aryl methyl sites for hydroxylation is 1. The van der Waals surface area contributed by atoms with E-state index in [0.717, 1.165) is 17.0 Å². The second-order valence-corrected chi connectivity index (χ2v) is 6.77. The molecule has 156 valence electrons. The van der Waals surface area contributed by atoms with Gasteiger partial charge in [0.2, 0.25) is 5.78 Å². The molecule has 1 aromatic carbocycles. The predicted molar refractivity (Wildman–Crippen MR) is 115 cm³/mol. The molecule has 3 aromatic rings. The minimum Gasteiger partial charge on any atom is -0.465 e. The first-order chi connectivity index (χ1) is 15.0. The first-order valence-corrected chi connectivity index (χ1v) is 9.49. The molecule has 0 amide bonds. The number of carbonyl (C=O) groups excluding carboxylic acids is 2.